The van der Waals surface area contributed by atoms with E-state index in [-0.39, 0.29) is 18.0 Å². The molecular formula is C15H28N2O3. The number of amides is 2. The molecule has 0 bridgehead atoms. The maximum absolute atomic E-state index is 12.3. The number of urea groups is 1. The number of rotatable bonds is 6. The monoisotopic (exact) mass is 284 g/mol. The Bertz CT molecular complexity index is 325. The number of nitrogens with zero attached hydrogens (tertiary/aromatic N) is 1. The molecule has 0 aromatic heterocycles. The summed E-state index contributed by atoms with van der Waals surface area (Å²) in [6.45, 7) is 6.50. The van der Waals surface area contributed by atoms with E-state index in [1.165, 1.54) is 6.42 Å². The van der Waals surface area contributed by atoms with Crippen LogP contribution in [0.4, 0.5) is 4.79 Å². The Labute approximate surface area is 121 Å². The smallest absolute Gasteiger partial charge is 0.326 e. The summed E-state index contributed by atoms with van der Waals surface area (Å²) in [4.78, 5) is 25.3. The molecule has 116 valence electrons. The number of carbonyl (C=O) groups is 2. The fourth-order valence-electron chi connectivity index (χ4n) is 2.89. The minimum atomic E-state index is -0.952. The molecule has 1 atom stereocenters. The van der Waals surface area contributed by atoms with Crippen molar-refractivity contribution in [1.82, 2.24) is 10.2 Å². The number of aliphatic carboxylic acids is 1. The van der Waals surface area contributed by atoms with Gasteiger partial charge in [0.25, 0.3) is 0 Å². The number of nitrogens with one attached hydrogen (secondary N) is 1. The van der Waals surface area contributed by atoms with Gasteiger partial charge in [0.15, 0.2) is 0 Å². The summed E-state index contributed by atoms with van der Waals surface area (Å²) >= 11 is 0. The van der Waals surface area contributed by atoms with Gasteiger partial charge in [-0.3, -0.25) is 0 Å². The standard InChI is InChI=1S/C15H28N2O3/c1-4-17(12-8-6-5-7-9-12)15(20)16-13(14(18)19)10-11(2)3/h11-13H,4-10H2,1-3H3,(H,16,20)(H,18,19)/t13-/m1/s1. The van der Waals surface area contributed by atoms with Crippen molar-refractivity contribution in [2.75, 3.05) is 6.54 Å². The maximum atomic E-state index is 12.3. The molecule has 2 amide bonds. The second-order valence-electron chi connectivity index (χ2n) is 6.05. The maximum Gasteiger partial charge on any atom is 0.326 e. The van der Waals surface area contributed by atoms with E-state index in [0.717, 1.165) is 25.7 Å². The molecule has 1 rings (SSSR count). The first-order valence-corrected chi connectivity index (χ1v) is 7.75. The minimum Gasteiger partial charge on any atom is -0.480 e. The summed E-state index contributed by atoms with van der Waals surface area (Å²) in [5.41, 5.74) is 0. The lowest BCUT2D eigenvalue weighted by atomic mass is 9.94. The molecule has 5 heteroatoms. The van der Waals surface area contributed by atoms with Crippen LogP contribution in [0.15, 0.2) is 0 Å². The zero-order chi connectivity index (χ0) is 15.1. The van der Waals surface area contributed by atoms with E-state index in [4.69, 9.17) is 0 Å². The third-order valence-electron chi connectivity index (χ3n) is 3.92. The van der Waals surface area contributed by atoms with Gasteiger partial charge in [-0.05, 0) is 32.1 Å². The van der Waals surface area contributed by atoms with Gasteiger partial charge in [-0.1, -0.05) is 33.1 Å². The molecule has 0 unspecified atom stereocenters. The van der Waals surface area contributed by atoms with Crippen LogP contribution in [0, 0.1) is 5.92 Å². The molecule has 1 aliphatic rings. The summed E-state index contributed by atoms with van der Waals surface area (Å²) in [5.74, 6) is -0.715. The summed E-state index contributed by atoms with van der Waals surface area (Å²) in [6.07, 6.45) is 6.07. The summed E-state index contributed by atoms with van der Waals surface area (Å²) in [6, 6.07) is -0.755. The highest BCUT2D eigenvalue weighted by atomic mass is 16.4. The van der Waals surface area contributed by atoms with Crippen LogP contribution < -0.4 is 5.32 Å². The molecule has 0 saturated heterocycles. The molecule has 0 aromatic rings. The molecule has 0 heterocycles. The van der Waals surface area contributed by atoms with Crippen LogP contribution in [0.3, 0.4) is 0 Å². The Morgan fingerprint density at radius 2 is 1.85 bits per heavy atom. The second kappa shape index (κ2) is 8.12. The number of carbonyl (C=O) groups excluding carboxylic acids is 1. The number of carboxylic acids is 1. The highest BCUT2D eigenvalue weighted by Crippen LogP contribution is 2.22. The normalized spacial score (nSPS) is 17.8. The largest absolute Gasteiger partial charge is 0.480 e. The molecule has 1 fully saturated rings. The number of hydrogen-bond donors (Lipinski definition) is 2. The van der Waals surface area contributed by atoms with Crippen molar-refractivity contribution in [1.29, 1.82) is 0 Å². The zero-order valence-corrected chi connectivity index (χ0v) is 12.9. The minimum absolute atomic E-state index is 0.229. The van der Waals surface area contributed by atoms with Crippen LogP contribution in [0.5, 0.6) is 0 Å². The van der Waals surface area contributed by atoms with Crippen molar-refractivity contribution in [3.63, 3.8) is 0 Å². The van der Waals surface area contributed by atoms with Gasteiger partial charge in [-0.2, -0.15) is 0 Å². The molecule has 0 radical (unpaired) electrons. The van der Waals surface area contributed by atoms with Crippen molar-refractivity contribution in [2.24, 2.45) is 5.92 Å². The molecule has 20 heavy (non-hydrogen) atoms. The molecule has 5 nitrogen and oxygen atoms in total. The van der Waals surface area contributed by atoms with Crippen LogP contribution in [-0.4, -0.2) is 40.6 Å². The van der Waals surface area contributed by atoms with Crippen molar-refractivity contribution in [3.8, 4) is 0 Å². The summed E-state index contributed by atoms with van der Waals surface area (Å²) in [5, 5.41) is 11.9. The van der Waals surface area contributed by atoms with Crippen LogP contribution in [-0.2, 0) is 4.79 Å². The average Bonchev–Trinajstić information content (AvgIpc) is 2.39. The lowest BCUT2D eigenvalue weighted by molar-refractivity contribution is -0.139. The van der Waals surface area contributed by atoms with Crippen molar-refractivity contribution < 1.29 is 14.7 Å². The molecular weight excluding hydrogens is 256 g/mol. The van der Waals surface area contributed by atoms with Gasteiger partial charge < -0.3 is 15.3 Å². The van der Waals surface area contributed by atoms with Crippen molar-refractivity contribution >= 4 is 12.0 Å². The van der Waals surface area contributed by atoms with E-state index < -0.39 is 12.0 Å². The first kappa shape index (κ1) is 16.8. The van der Waals surface area contributed by atoms with Crippen LogP contribution in [0.1, 0.15) is 59.3 Å². The summed E-state index contributed by atoms with van der Waals surface area (Å²) in [7, 11) is 0. The van der Waals surface area contributed by atoms with Crippen LogP contribution >= 0.6 is 0 Å². The molecule has 0 aromatic carbocycles. The Hall–Kier alpha value is -1.26. The van der Waals surface area contributed by atoms with Gasteiger partial charge in [0.1, 0.15) is 6.04 Å². The SMILES string of the molecule is CCN(C(=O)N[C@H](CC(C)C)C(=O)O)C1CCCCC1. The van der Waals surface area contributed by atoms with Crippen molar-refractivity contribution in [3.05, 3.63) is 0 Å². The van der Waals surface area contributed by atoms with E-state index in [1.54, 1.807) is 4.90 Å². The molecule has 1 aliphatic carbocycles. The summed E-state index contributed by atoms with van der Waals surface area (Å²) < 4.78 is 0. The lowest BCUT2D eigenvalue weighted by Crippen LogP contribution is -2.52. The Balaban J connectivity index is 2.62. The van der Waals surface area contributed by atoms with E-state index in [9.17, 15) is 14.7 Å². The predicted octanol–water partition coefficient (Wildman–Crippen LogP) is 2.85. The van der Waals surface area contributed by atoms with E-state index in [0.29, 0.717) is 13.0 Å². The lowest BCUT2D eigenvalue weighted by Gasteiger charge is -2.34. The van der Waals surface area contributed by atoms with Gasteiger partial charge in [-0.25, -0.2) is 9.59 Å². The van der Waals surface area contributed by atoms with E-state index >= 15 is 0 Å². The molecule has 1 saturated carbocycles. The van der Waals surface area contributed by atoms with Gasteiger partial charge in [0.2, 0.25) is 0 Å². The molecule has 0 spiro atoms. The first-order chi connectivity index (χ1) is 9.45. The third kappa shape index (κ3) is 5.02. The van der Waals surface area contributed by atoms with Gasteiger partial charge in [0.05, 0.1) is 0 Å². The molecule has 2 N–H and O–H groups in total. The van der Waals surface area contributed by atoms with E-state index in [1.807, 2.05) is 20.8 Å². The highest BCUT2D eigenvalue weighted by molar-refractivity contribution is 5.82. The zero-order valence-electron chi connectivity index (χ0n) is 12.9. The topological polar surface area (TPSA) is 69.6 Å². The average molecular weight is 284 g/mol. The quantitative estimate of drug-likeness (QED) is 0.788. The Kier molecular flexibility index (Phi) is 6.82. The molecule has 0 aliphatic heterocycles. The first-order valence-electron chi connectivity index (χ1n) is 7.75. The Morgan fingerprint density at radius 1 is 1.25 bits per heavy atom. The number of hydrogen-bond acceptors (Lipinski definition) is 2. The van der Waals surface area contributed by atoms with Crippen LogP contribution in [0.25, 0.3) is 0 Å². The van der Waals surface area contributed by atoms with E-state index in [2.05, 4.69) is 5.32 Å². The highest BCUT2D eigenvalue weighted by Gasteiger charge is 2.28. The van der Waals surface area contributed by atoms with Gasteiger partial charge in [-0.15, -0.1) is 0 Å². The fraction of sp³-hybridized carbons (Fsp3) is 0.867. The van der Waals surface area contributed by atoms with Gasteiger partial charge >= 0.3 is 12.0 Å². The fourth-order valence-corrected chi connectivity index (χ4v) is 2.89. The van der Waals surface area contributed by atoms with Crippen molar-refractivity contribution in [2.45, 2.75) is 71.4 Å². The second-order valence-corrected chi connectivity index (χ2v) is 6.05. The van der Waals surface area contributed by atoms with Gasteiger partial charge in [0, 0.05) is 12.6 Å². The number of carboxylic acid groups (broad SMARTS) is 1. The van der Waals surface area contributed by atoms with Crippen LogP contribution in [0.2, 0.25) is 0 Å². The third-order valence-corrected chi connectivity index (χ3v) is 3.92. The Morgan fingerprint density at radius 3 is 2.30 bits per heavy atom. The predicted molar refractivity (Wildman–Crippen MR) is 78.7 cm³/mol.